The zero-order chi connectivity index (χ0) is 23.1. The lowest BCUT2D eigenvalue weighted by molar-refractivity contribution is 0.0537. The number of pyridine rings is 1. The van der Waals surface area contributed by atoms with Crippen LogP contribution in [0.15, 0.2) is 41.0 Å². The average Bonchev–Trinajstić information content (AvgIpc) is 3.30. The molecular weight excluding hydrogens is 484 g/mol. The molecule has 1 aliphatic heterocycles. The van der Waals surface area contributed by atoms with Crippen molar-refractivity contribution in [1.29, 1.82) is 0 Å². The van der Waals surface area contributed by atoms with Gasteiger partial charge < -0.3 is 9.30 Å². The molecule has 1 aliphatic rings. The van der Waals surface area contributed by atoms with Crippen LogP contribution in [0.5, 0.6) is 0 Å². The molecule has 0 radical (unpaired) electrons. The maximum absolute atomic E-state index is 13.3. The van der Waals surface area contributed by atoms with Gasteiger partial charge in [-0.1, -0.05) is 15.9 Å². The van der Waals surface area contributed by atoms with Crippen LogP contribution in [0.25, 0.3) is 22.3 Å². The van der Waals surface area contributed by atoms with E-state index in [1.807, 2.05) is 60.6 Å². The highest BCUT2D eigenvalue weighted by Gasteiger charge is 2.20. The molecule has 0 aliphatic carbocycles. The maximum atomic E-state index is 13.3. The van der Waals surface area contributed by atoms with Gasteiger partial charge in [-0.25, -0.2) is 4.98 Å². The summed E-state index contributed by atoms with van der Waals surface area (Å²) < 4.78 is 11.0. The first-order chi connectivity index (χ1) is 15.9. The zero-order valence-electron chi connectivity index (χ0n) is 18.8. The highest BCUT2D eigenvalue weighted by Crippen LogP contribution is 2.27. The Labute approximate surface area is 200 Å². The molecule has 1 N–H and O–H groups in total. The second-order valence-electron chi connectivity index (χ2n) is 8.43. The number of hydrogen-bond donors (Lipinski definition) is 1. The highest BCUT2D eigenvalue weighted by molar-refractivity contribution is 9.10. The van der Waals surface area contributed by atoms with Crippen molar-refractivity contribution in [3.8, 4) is 11.3 Å². The lowest BCUT2D eigenvalue weighted by Gasteiger charge is -2.17. The normalized spacial score (nSPS) is 17.1. The average molecular weight is 509 g/mol. The summed E-state index contributed by atoms with van der Waals surface area (Å²) in [5, 5.41) is 7.46. The van der Waals surface area contributed by atoms with Gasteiger partial charge >= 0.3 is 0 Å². The number of hydrogen-bond acceptors (Lipinski definition) is 5. The Morgan fingerprint density at radius 3 is 2.91 bits per heavy atom. The summed E-state index contributed by atoms with van der Waals surface area (Å²) in [6, 6.07) is 9.51. The van der Waals surface area contributed by atoms with Gasteiger partial charge in [0.05, 0.1) is 35.6 Å². The zero-order valence-corrected chi connectivity index (χ0v) is 20.4. The molecule has 1 atom stereocenters. The van der Waals surface area contributed by atoms with Crippen LogP contribution in [0, 0.1) is 6.92 Å². The first-order valence-electron chi connectivity index (χ1n) is 11.0. The van der Waals surface area contributed by atoms with Gasteiger partial charge in [0.15, 0.2) is 0 Å². The third kappa shape index (κ3) is 4.30. The maximum Gasteiger partial charge on any atom is 0.258 e. The Morgan fingerprint density at radius 1 is 1.21 bits per heavy atom. The highest BCUT2D eigenvalue weighted by atomic mass is 79.9. The van der Waals surface area contributed by atoms with Crippen molar-refractivity contribution in [1.82, 2.24) is 24.3 Å². The van der Waals surface area contributed by atoms with Crippen LogP contribution in [0.2, 0.25) is 0 Å². The molecule has 0 spiro atoms. The second kappa shape index (κ2) is 8.72. The van der Waals surface area contributed by atoms with Crippen LogP contribution in [-0.2, 0) is 24.8 Å². The predicted molar refractivity (Wildman–Crippen MR) is 130 cm³/mol. The monoisotopic (exact) mass is 508 g/mol. The Balaban J connectivity index is 1.62. The van der Waals surface area contributed by atoms with E-state index < -0.39 is 0 Å². The van der Waals surface area contributed by atoms with Crippen LogP contribution < -0.4 is 5.32 Å². The van der Waals surface area contributed by atoms with E-state index in [4.69, 9.17) is 14.7 Å². The molecule has 1 aromatic carbocycles. The topological polar surface area (TPSA) is 86.9 Å². The van der Waals surface area contributed by atoms with E-state index in [2.05, 4.69) is 26.3 Å². The number of aryl methyl sites for hydroxylation is 2. The molecule has 0 saturated heterocycles. The number of fused-ring (bicyclic) bond motifs is 7. The van der Waals surface area contributed by atoms with Crippen LogP contribution in [0.4, 0.5) is 5.95 Å². The quantitative estimate of drug-likeness (QED) is 0.377. The van der Waals surface area contributed by atoms with Crippen LogP contribution in [-0.4, -0.2) is 42.9 Å². The largest absolute Gasteiger partial charge is 0.377 e. The molecule has 1 amide bonds. The second-order valence-corrected chi connectivity index (χ2v) is 9.34. The Bertz CT molecular complexity index is 1360. The molecule has 3 aromatic heterocycles. The number of imidazole rings is 1. The SMILES string of the molecule is Cc1cc2cc(n1)-c1cnn(C)c1CCCO[C@H](C)Cn1c(nc3ccc(Br)cc31)NC2=O. The van der Waals surface area contributed by atoms with Gasteiger partial charge in [0.1, 0.15) is 0 Å². The van der Waals surface area contributed by atoms with Crippen LogP contribution in [0.1, 0.15) is 35.1 Å². The standard InChI is InChI=1S/C24H25BrN6O2/c1-14-9-16-10-20(27-14)18-12-26-30(3)21(18)5-4-8-33-15(2)13-31-22-11-17(25)6-7-19(22)28-24(31)29-23(16)32/h6-7,9-12,15H,4-5,8,13H2,1-3H3,(H,28,29,32)/t15-/m1/s1. The van der Waals surface area contributed by atoms with E-state index >= 15 is 0 Å². The van der Waals surface area contributed by atoms with E-state index in [1.54, 1.807) is 6.07 Å². The molecule has 5 rings (SSSR count). The summed E-state index contributed by atoms with van der Waals surface area (Å²) in [6.45, 7) is 5.13. The number of amides is 1. The number of carbonyl (C=O) groups excluding carboxylic acids is 1. The van der Waals surface area contributed by atoms with E-state index in [1.165, 1.54) is 0 Å². The van der Waals surface area contributed by atoms with Crippen molar-refractivity contribution < 1.29 is 9.53 Å². The Morgan fingerprint density at radius 2 is 2.06 bits per heavy atom. The van der Waals surface area contributed by atoms with Crippen molar-refractivity contribution in [2.45, 2.75) is 39.3 Å². The van der Waals surface area contributed by atoms with Crippen LogP contribution in [0.3, 0.4) is 0 Å². The van der Waals surface area contributed by atoms with Gasteiger partial charge in [0.25, 0.3) is 5.91 Å². The molecule has 0 saturated carbocycles. The fourth-order valence-electron chi connectivity index (χ4n) is 4.29. The van der Waals surface area contributed by atoms with E-state index in [0.29, 0.717) is 24.7 Å². The van der Waals surface area contributed by atoms with Gasteiger partial charge in [-0.15, -0.1) is 0 Å². The van der Waals surface area contributed by atoms with Crippen molar-refractivity contribution in [3.05, 3.63) is 58.0 Å². The molecule has 170 valence electrons. The van der Waals surface area contributed by atoms with Crippen LogP contribution >= 0.6 is 15.9 Å². The fraction of sp³-hybridized carbons (Fsp3) is 0.333. The minimum atomic E-state index is -0.230. The number of ether oxygens (including phenoxy) is 1. The first-order valence-corrected chi connectivity index (χ1v) is 11.8. The number of anilines is 1. The molecule has 8 nitrogen and oxygen atoms in total. The molecule has 2 bridgehead atoms. The number of rotatable bonds is 0. The first kappa shape index (κ1) is 21.8. The lowest BCUT2D eigenvalue weighted by Crippen LogP contribution is -2.21. The summed E-state index contributed by atoms with van der Waals surface area (Å²) in [7, 11) is 1.93. The van der Waals surface area contributed by atoms with Crippen molar-refractivity contribution in [3.63, 3.8) is 0 Å². The summed E-state index contributed by atoms with van der Waals surface area (Å²) in [4.78, 5) is 22.7. The van der Waals surface area contributed by atoms with Gasteiger partial charge in [-0.3, -0.25) is 19.8 Å². The summed E-state index contributed by atoms with van der Waals surface area (Å²) in [5.74, 6) is 0.266. The van der Waals surface area contributed by atoms with Crippen molar-refractivity contribution >= 4 is 38.8 Å². The Kier molecular flexibility index (Phi) is 5.76. The van der Waals surface area contributed by atoms with E-state index in [-0.39, 0.29) is 12.0 Å². The smallest absolute Gasteiger partial charge is 0.258 e. The van der Waals surface area contributed by atoms with Crippen molar-refractivity contribution in [2.24, 2.45) is 7.05 Å². The number of benzene rings is 1. The Hall–Kier alpha value is -3.04. The van der Waals surface area contributed by atoms with Gasteiger partial charge in [0, 0.05) is 40.6 Å². The lowest BCUT2D eigenvalue weighted by atomic mass is 10.1. The van der Waals surface area contributed by atoms with Crippen molar-refractivity contribution in [2.75, 3.05) is 11.9 Å². The van der Waals surface area contributed by atoms with Gasteiger partial charge in [-0.2, -0.15) is 5.10 Å². The van der Waals surface area contributed by atoms with Gasteiger partial charge in [-0.05, 0) is 57.0 Å². The number of nitrogens with one attached hydrogen (secondary N) is 1. The molecular formula is C24H25BrN6O2. The number of halogens is 1. The molecule has 0 unspecified atom stereocenters. The molecule has 4 heterocycles. The third-order valence-corrected chi connectivity index (χ3v) is 6.38. The molecule has 4 aromatic rings. The predicted octanol–water partition coefficient (Wildman–Crippen LogP) is 4.51. The summed E-state index contributed by atoms with van der Waals surface area (Å²) >= 11 is 3.55. The van der Waals surface area contributed by atoms with E-state index in [0.717, 1.165) is 51.0 Å². The summed E-state index contributed by atoms with van der Waals surface area (Å²) in [6.07, 6.45) is 3.42. The molecule has 0 fully saturated rings. The molecule has 9 heteroatoms. The minimum absolute atomic E-state index is 0.0573. The summed E-state index contributed by atoms with van der Waals surface area (Å²) in [5.41, 5.74) is 5.81. The fourth-order valence-corrected chi connectivity index (χ4v) is 4.64. The minimum Gasteiger partial charge on any atom is -0.377 e. The van der Waals surface area contributed by atoms with E-state index in [9.17, 15) is 4.79 Å². The number of aromatic nitrogens is 5. The number of carbonyl (C=O) groups is 1. The van der Waals surface area contributed by atoms with Gasteiger partial charge in [0.2, 0.25) is 5.95 Å². The third-order valence-electron chi connectivity index (χ3n) is 5.89. The number of nitrogens with zero attached hydrogens (tertiary/aromatic N) is 5. The molecule has 33 heavy (non-hydrogen) atoms.